The van der Waals surface area contributed by atoms with E-state index in [1.165, 1.54) is 13.0 Å². The lowest BCUT2D eigenvalue weighted by Gasteiger charge is -2.49. The molecule has 10 heteroatoms. The normalized spacial score (nSPS) is 23.3. The van der Waals surface area contributed by atoms with Crippen LogP contribution in [0.1, 0.15) is 46.7 Å². The molecule has 3 aromatic rings. The number of anilines is 1. The molecule has 6 nitrogen and oxygen atoms in total. The van der Waals surface area contributed by atoms with Crippen molar-refractivity contribution in [1.29, 1.82) is 0 Å². The van der Waals surface area contributed by atoms with Gasteiger partial charge in [0.05, 0.1) is 22.0 Å². The number of alkyl halides is 4. The molecule has 0 aliphatic carbocycles. The molecule has 2 bridgehead atoms. The minimum absolute atomic E-state index is 0.0870. The van der Waals surface area contributed by atoms with Crippen molar-refractivity contribution < 1.29 is 13.2 Å². The van der Waals surface area contributed by atoms with E-state index in [4.69, 9.17) is 0 Å². The first-order valence-corrected chi connectivity index (χ1v) is 12.2. The second-order valence-electron chi connectivity index (χ2n) is 9.24. The highest BCUT2D eigenvalue weighted by Crippen LogP contribution is 2.39. The van der Waals surface area contributed by atoms with Crippen LogP contribution in [0, 0.1) is 13.8 Å². The lowest BCUT2D eigenvalue weighted by Crippen LogP contribution is -2.55. The number of piperidine rings is 3. The van der Waals surface area contributed by atoms with Crippen LogP contribution in [0.5, 0.6) is 0 Å². The van der Waals surface area contributed by atoms with Gasteiger partial charge >= 0.3 is 6.18 Å². The van der Waals surface area contributed by atoms with Gasteiger partial charge in [0.1, 0.15) is 16.6 Å². The van der Waals surface area contributed by atoms with E-state index in [1.54, 1.807) is 19.1 Å². The van der Waals surface area contributed by atoms with Crippen molar-refractivity contribution in [3.63, 3.8) is 0 Å². The molecule has 5 heterocycles. The van der Waals surface area contributed by atoms with Crippen LogP contribution in [0.2, 0.25) is 0 Å². The van der Waals surface area contributed by atoms with Crippen LogP contribution < -0.4 is 10.9 Å². The minimum atomic E-state index is -4.43. The zero-order valence-corrected chi connectivity index (χ0v) is 20.5. The van der Waals surface area contributed by atoms with Gasteiger partial charge in [0.15, 0.2) is 0 Å². The highest BCUT2D eigenvalue weighted by Gasteiger charge is 2.41. The van der Waals surface area contributed by atoms with E-state index in [-0.39, 0.29) is 16.7 Å². The van der Waals surface area contributed by atoms with Gasteiger partial charge < -0.3 is 14.8 Å². The third-order valence-electron chi connectivity index (χ3n) is 7.25. The van der Waals surface area contributed by atoms with Crippen LogP contribution in [0.15, 0.2) is 35.3 Å². The van der Waals surface area contributed by atoms with E-state index in [1.807, 2.05) is 10.8 Å². The molecule has 3 aliphatic heterocycles. The summed E-state index contributed by atoms with van der Waals surface area (Å²) >= 11 is 3.51. The molecule has 0 radical (unpaired) electrons. The first kappa shape index (κ1) is 23.3. The summed E-state index contributed by atoms with van der Waals surface area (Å²) in [4.78, 5) is 23.9. The molecule has 2 aromatic heterocycles. The molecule has 1 N–H and O–H groups in total. The van der Waals surface area contributed by atoms with Crippen LogP contribution in [0.4, 0.5) is 19.0 Å². The molecule has 180 valence electrons. The van der Waals surface area contributed by atoms with Crippen molar-refractivity contribution in [2.75, 3.05) is 25.0 Å². The Hall–Kier alpha value is -2.46. The lowest BCUT2D eigenvalue weighted by molar-refractivity contribution is -0.138. The number of halogens is 4. The van der Waals surface area contributed by atoms with E-state index in [0.29, 0.717) is 28.1 Å². The SMILES string of the molecule is Cc1nc(NC(Br)c2cccc(C(F)(F)F)c2C)c2cn(C34CCN(CC3)CC4)c(=O)cc2n1. The molecule has 1 aromatic carbocycles. The molecule has 3 fully saturated rings. The largest absolute Gasteiger partial charge is 0.416 e. The summed E-state index contributed by atoms with van der Waals surface area (Å²) in [5, 5.41) is 3.89. The number of hydrogen-bond donors (Lipinski definition) is 1. The second kappa shape index (κ2) is 8.34. The third-order valence-corrected chi connectivity index (χ3v) is 7.97. The Bertz CT molecular complexity index is 1300. The Labute approximate surface area is 203 Å². The topological polar surface area (TPSA) is 63.1 Å². The standard InChI is InChI=1S/C24H25BrF3N5O/c1-14-16(4-3-5-18(14)24(26,27)28)21(25)31-22-17-13-33(20(34)12-19(17)29-15(2)30-22)23-6-9-32(10-7-23)11-8-23/h3-5,12-13,21H,6-11H2,1-2H3,(H,29,30,31). The van der Waals surface area contributed by atoms with E-state index in [2.05, 4.69) is 36.1 Å². The van der Waals surface area contributed by atoms with Crippen molar-refractivity contribution in [3.05, 3.63) is 63.3 Å². The Balaban J connectivity index is 1.57. The average molecular weight is 536 g/mol. The van der Waals surface area contributed by atoms with E-state index >= 15 is 0 Å². The molecule has 0 amide bonds. The summed E-state index contributed by atoms with van der Waals surface area (Å²) in [7, 11) is 0. The molecular formula is C24H25BrF3N5O. The van der Waals surface area contributed by atoms with Crippen molar-refractivity contribution >= 4 is 32.7 Å². The van der Waals surface area contributed by atoms with Crippen LogP contribution in [-0.2, 0) is 11.7 Å². The number of aryl methyl sites for hydroxylation is 1. The van der Waals surface area contributed by atoms with Crippen molar-refractivity contribution in [1.82, 2.24) is 19.4 Å². The molecule has 0 saturated carbocycles. The van der Waals surface area contributed by atoms with Gasteiger partial charge in [0.25, 0.3) is 5.56 Å². The molecule has 0 spiro atoms. The van der Waals surface area contributed by atoms with Gasteiger partial charge in [-0.3, -0.25) is 4.79 Å². The van der Waals surface area contributed by atoms with E-state index in [9.17, 15) is 18.0 Å². The highest BCUT2D eigenvalue weighted by atomic mass is 79.9. The van der Waals surface area contributed by atoms with Gasteiger partial charge in [-0.15, -0.1) is 0 Å². The number of rotatable bonds is 4. The fraction of sp³-hybridized carbons (Fsp3) is 0.458. The number of pyridine rings is 1. The van der Waals surface area contributed by atoms with Crippen LogP contribution in [0.25, 0.3) is 10.9 Å². The molecule has 3 aliphatic rings. The van der Waals surface area contributed by atoms with Crippen molar-refractivity contribution in [2.45, 2.75) is 49.8 Å². The van der Waals surface area contributed by atoms with E-state index in [0.717, 1.165) is 45.0 Å². The summed E-state index contributed by atoms with van der Waals surface area (Å²) in [6.07, 6.45) is 0.143. The van der Waals surface area contributed by atoms with Crippen molar-refractivity contribution in [2.24, 2.45) is 0 Å². The number of fused-ring (bicyclic) bond motifs is 4. The van der Waals surface area contributed by atoms with Crippen LogP contribution in [-0.4, -0.2) is 39.1 Å². The summed E-state index contributed by atoms with van der Waals surface area (Å²) in [6.45, 7) is 6.10. The Morgan fingerprint density at radius 1 is 1.12 bits per heavy atom. The molecule has 3 saturated heterocycles. The Morgan fingerprint density at radius 3 is 2.44 bits per heavy atom. The number of aromatic nitrogens is 3. The molecule has 1 atom stereocenters. The first-order chi connectivity index (χ1) is 16.1. The summed E-state index contributed by atoms with van der Waals surface area (Å²) < 4.78 is 42.1. The van der Waals surface area contributed by atoms with Crippen LogP contribution >= 0.6 is 15.9 Å². The maximum absolute atomic E-state index is 13.4. The van der Waals surface area contributed by atoms with E-state index < -0.39 is 16.7 Å². The molecular weight excluding hydrogens is 511 g/mol. The monoisotopic (exact) mass is 535 g/mol. The first-order valence-electron chi connectivity index (χ1n) is 11.3. The quantitative estimate of drug-likeness (QED) is 0.370. The van der Waals surface area contributed by atoms with Crippen LogP contribution in [0.3, 0.4) is 0 Å². The molecule has 34 heavy (non-hydrogen) atoms. The van der Waals surface area contributed by atoms with Gasteiger partial charge in [0, 0.05) is 31.9 Å². The number of benzene rings is 1. The maximum Gasteiger partial charge on any atom is 0.416 e. The number of hydrogen-bond acceptors (Lipinski definition) is 5. The van der Waals surface area contributed by atoms with Gasteiger partial charge in [-0.2, -0.15) is 13.2 Å². The second-order valence-corrected chi connectivity index (χ2v) is 10.2. The summed E-state index contributed by atoms with van der Waals surface area (Å²) in [5.41, 5.74) is 0.150. The highest BCUT2D eigenvalue weighted by molar-refractivity contribution is 9.09. The maximum atomic E-state index is 13.4. The Kier molecular flexibility index (Phi) is 5.71. The number of nitrogens with one attached hydrogen (secondary N) is 1. The molecule has 1 unspecified atom stereocenters. The number of nitrogens with zero attached hydrogens (tertiary/aromatic N) is 4. The fourth-order valence-electron chi connectivity index (χ4n) is 5.30. The lowest BCUT2D eigenvalue weighted by atomic mass is 9.79. The average Bonchev–Trinajstić information content (AvgIpc) is 2.79. The smallest absolute Gasteiger partial charge is 0.353 e. The van der Waals surface area contributed by atoms with Crippen molar-refractivity contribution in [3.8, 4) is 0 Å². The minimum Gasteiger partial charge on any atom is -0.353 e. The predicted molar refractivity (Wildman–Crippen MR) is 128 cm³/mol. The van der Waals surface area contributed by atoms with Gasteiger partial charge in [-0.1, -0.05) is 28.1 Å². The van der Waals surface area contributed by atoms with Gasteiger partial charge in [0.2, 0.25) is 0 Å². The predicted octanol–water partition coefficient (Wildman–Crippen LogP) is 5.13. The Morgan fingerprint density at radius 2 is 1.79 bits per heavy atom. The fourth-order valence-corrected chi connectivity index (χ4v) is 6.02. The third kappa shape index (κ3) is 4.00. The van der Waals surface area contributed by atoms with Gasteiger partial charge in [-0.25, -0.2) is 9.97 Å². The van der Waals surface area contributed by atoms with Gasteiger partial charge in [-0.05, 0) is 50.3 Å². The summed E-state index contributed by atoms with van der Waals surface area (Å²) in [6, 6.07) is 5.68. The molecule has 6 rings (SSSR count). The zero-order chi connectivity index (χ0) is 24.3. The zero-order valence-electron chi connectivity index (χ0n) is 18.9. The summed E-state index contributed by atoms with van der Waals surface area (Å²) in [5.74, 6) is 0.941.